The molecule has 0 spiro atoms. The van der Waals surface area contributed by atoms with Crippen LogP contribution in [0.25, 0.3) is 10.9 Å². The van der Waals surface area contributed by atoms with E-state index in [2.05, 4.69) is 4.98 Å². The number of nitrogens with zero attached hydrogens (tertiary/aromatic N) is 2. The van der Waals surface area contributed by atoms with E-state index < -0.39 is 41.0 Å². The fourth-order valence-corrected chi connectivity index (χ4v) is 5.22. The summed E-state index contributed by atoms with van der Waals surface area (Å²) in [5.41, 5.74) is -1.58. The van der Waals surface area contributed by atoms with Gasteiger partial charge in [-0.1, -0.05) is 48.5 Å². The fourth-order valence-electron chi connectivity index (χ4n) is 5.22. The maximum Gasteiger partial charge on any atom is 0.416 e. The molecule has 214 valence electrons. The third kappa shape index (κ3) is 6.30. The predicted octanol–water partition coefficient (Wildman–Crippen LogP) is 6.46. The quantitative estimate of drug-likeness (QED) is 0.213. The van der Waals surface area contributed by atoms with Gasteiger partial charge in [0.2, 0.25) is 0 Å². The number of para-hydroxylation sites is 1. The molecular weight excluding hydrogens is 548 g/mol. The van der Waals surface area contributed by atoms with Gasteiger partial charge in [0.05, 0.1) is 17.7 Å². The van der Waals surface area contributed by atoms with E-state index in [0.29, 0.717) is 17.7 Å². The number of Topliss-reactive ketones (excluding diaryl/α,β-unsaturated/α-hetero) is 1. The zero-order chi connectivity index (χ0) is 29.4. The maximum atomic E-state index is 13.6. The molecule has 1 N–H and O–H groups in total. The van der Waals surface area contributed by atoms with Crippen molar-refractivity contribution in [1.29, 1.82) is 0 Å². The molecule has 1 saturated heterocycles. The maximum absolute atomic E-state index is 13.6. The summed E-state index contributed by atoms with van der Waals surface area (Å²) in [6, 6.07) is 16.4. The number of hydrogen-bond donors (Lipinski definition) is 1. The first-order valence-electron chi connectivity index (χ1n) is 12.9. The highest BCUT2D eigenvalue weighted by Gasteiger charge is 2.39. The molecule has 1 fully saturated rings. The van der Waals surface area contributed by atoms with Crippen LogP contribution in [0.3, 0.4) is 0 Å². The molecule has 1 aliphatic rings. The molecule has 1 unspecified atom stereocenters. The molecule has 0 saturated carbocycles. The topological polar surface area (TPSA) is 56.4 Å². The second kappa shape index (κ2) is 11.0. The Morgan fingerprint density at radius 3 is 2.10 bits per heavy atom. The van der Waals surface area contributed by atoms with Gasteiger partial charge in [0.25, 0.3) is 5.91 Å². The summed E-state index contributed by atoms with van der Waals surface area (Å²) in [5.74, 6) is -1.07. The number of aromatic amines is 1. The lowest BCUT2D eigenvalue weighted by Crippen LogP contribution is -2.56. The number of hydrogen-bond acceptors (Lipinski definition) is 3. The summed E-state index contributed by atoms with van der Waals surface area (Å²) in [4.78, 5) is 32.8. The van der Waals surface area contributed by atoms with Crippen molar-refractivity contribution in [2.75, 3.05) is 26.2 Å². The number of aromatic nitrogens is 1. The molecule has 1 aromatic heterocycles. The van der Waals surface area contributed by atoms with Gasteiger partial charge in [-0.15, -0.1) is 0 Å². The van der Waals surface area contributed by atoms with E-state index in [-0.39, 0.29) is 44.4 Å². The summed E-state index contributed by atoms with van der Waals surface area (Å²) in [6.45, 7) is 0.498. The van der Waals surface area contributed by atoms with Crippen LogP contribution in [0.15, 0.2) is 79.0 Å². The molecule has 1 amide bonds. The summed E-state index contributed by atoms with van der Waals surface area (Å²) >= 11 is 0. The van der Waals surface area contributed by atoms with Crippen LogP contribution in [0.1, 0.15) is 37.4 Å². The Hall–Kier alpha value is -4.12. The molecule has 5 rings (SSSR count). The third-order valence-electron chi connectivity index (χ3n) is 7.26. The smallest absolute Gasteiger partial charge is 0.361 e. The Morgan fingerprint density at radius 1 is 0.805 bits per heavy atom. The molecule has 5 nitrogen and oxygen atoms in total. The van der Waals surface area contributed by atoms with Gasteiger partial charge in [0.15, 0.2) is 5.78 Å². The lowest BCUT2D eigenvalue weighted by atomic mass is 9.98. The Labute approximate surface area is 231 Å². The Balaban J connectivity index is 1.47. The number of benzene rings is 3. The Kier molecular flexibility index (Phi) is 7.65. The second-order valence-corrected chi connectivity index (χ2v) is 10.0. The molecule has 0 bridgehead atoms. The number of rotatable bonds is 6. The fraction of sp³-hybridized carbons (Fsp3) is 0.267. The highest BCUT2D eigenvalue weighted by atomic mass is 19.4. The van der Waals surface area contributed by atoms with Crippen molar-refractivity contribution in [3.8, 4) is 0 Å². The number of ketones is 1. The molecule has 1 atom stereocenters. The van der Waals surface area contributed by atoms with Crippen LogP contribution in [0.4, 0.5) is 26.3 Å². The average molecular weight is 574 g/mol. The molecule has 0 radical (unpaired) electrons. The van der Waals surface area contributed by atoms with E-state index in [0.717, 1.165) is 16.5 Å². The zero-order valence-corrected chi connectivity index (χ0v) is 21.6. The van der Waals surface area contributed by atoms with Crippen molar-refractivity contribution in [2.24, 2.45) is 0 Å². The molecule has 3 aromatic carbocycles. The van der Waals surface area contributed by atoms with Crippen molar-refractivity contribution in [2.45, 2.75) is 24.8 Å². The number of carbonyl (C=O) groups excluding carboxylic acids is 2. The highest BCUT2D eigenvalue weighted by Crippen LogP contribution is 2.37. The molecule has 2 heterocycles. The number of fused-ring (bicyclic) bond motifs is 1. The molecule has 11 heteroatoms. The van der Waals surface area contributed by atoms with Crippen LogP contribution in [0.5, 0.6) is 0 Å². The summed E-state index contributed by atoms with van der Waals surface area (Å²) < 4.78 is 81.0. The number of amides is 1. The lowest BCUT2D eigenvalue weighted by Gasteiger charge is -2.41. The third-order valence-corrected chi connectivity index (χ3v) is 7.26. The molecule has 41 heavy (non-hydrogen) atoms. The van der Waals surface area contributed by atoms with Crippen LogP contribution in [0, 0.1) is 0 Å². The minimum Gasteiger partial charge on any atom is -0.361 e. The first kappa shape index (κ1) is 28.4. The highest BCUT2D eigenvalue weighted by molar-refractivity contribution is 5.98. The summed E-state index contributed by atoms with van der Waals surface area (Å²) in [6.07, 6.45) is -8.10. The number of nitrogens with one attached hydrogen (secondary N) is 1. The summed E-state index contributed by atoms with van der Waals surface area (Å²) in [7, 11) is 0. The van der Waals surface area contributed by atoms with Crippen LogP contribution in [-0.2, 0) is 18.8 Å². The van der Waals surface area contributed by atoms with E-state index in [9.17, 15) is 35.9 Å². The zero-order valence-electron chi connectivity index (χ0n) is 21.6. The van der Waals surface area contributed by atoms with Gasteiger partial charge in [-0.25, -0.2) is 0 Å². The SMILES string of the molecule is O=C(CN1CCN(C(=O)c2cc(C(F)(F)F)cc(C(F)(F)F)c2)C(Cc2c[nH]c3ccccc23)C1)c1ccccc1. The van der Waals surface area contributed by atoms with Crippen molar-refractivity contribution in [3.05, 3.63) is 107 Å². The van der Waals surface area contributed by atoms with E-state index in [1.807, 2.05) is 29.2 Å². The van der Waals surface area contributed by atoms with E-state index in [1.165, 1.54) is 4.90 Å². The van der Waals surface area contributed by atoms with Gasteiger partial charge in [-0.2, -0.15) is 26.3 Å². The monoisotopic (exact) mass is 573 g/mol. The number of carbonyl (C=O) groups is 2. The normalized spacial score (nSPS) is 16.7. The van der Waals surface area contributed by atoms with Crippen molar-refractivity contribution in [1.82, 2.24) is 14.8 Å². The lowest BCUT2D eigenvalue weighted by molar-refractivity contribution is -0.143. The minimum absolute atomic E-state index is 0.00728. The van der Waals surface area contributed by atoms with Crippen molar-refractivity contribution in [3.63, 3.8) is 0 Å². The minimum atomic E-state index is -5.07. The van der Waals surface area contributed by atoms with Crippen molar-refractivity contribution >= 4 is 22.6 Å². The van der Waals surface area contributed by atoms with Crippen LogP contribution in [0.2, 0.25) is 0 Å². The first-order valence-corrected chi connectivity index (χ1v) is 12.9. The van der Waals surface area contributed by atoms with E-state index >= 15 is 0 Å². The predicted molar refractivity (Wildman–Crippen MR) is 140 cm³/mol. The Bertz CT molecular complexity index is 1530. The second-order valence-electron chi connectivity index (χ2n) is 10.0. The van der Waals surface area contributed by atoms with Crippen molar-refractivity contribution < 1.29 is 35.9 Å². The van der Waals surface area contributed by atoms with Gasteiger partial charge in [-0.05, 0) is 36.2 Å². The van der Waals surface area contributed by atoms with Crippen LogP contribution in [-0.4, -0.2) is 58.7 Å². The van der Waals surface area contributed by atoms with Crippen LogP contribution >= 0.6 is 0 Å². The molecule has 4 aromatic rings. The summed E-state index contributed by atoms with van der Waals surface area (Å²) in [5, 5.41) is 0.885. The van der Waals surface area contributed by atoms with Crippen LogP contribution < -0.4 is 0 Å². The largest absolute Gasteiger partial charge is 0.416 e. The van der Waals surface area contributed by atoms with E-state index in [4.69, 9.17) is 0 Å². The average Bonchev–Trinajstić information content (AvgIpc) is 3.35. The van der Waals surface area contributed by atoms with Gasteiger partial charge in [-0.3, -0.25) is 14.5 Å². The Morgan fingerprint density at radius 2 is 1.44 bits per heavy atom. The number of alkyl halides is 6. The molecular formula is C30H25F6N3O2. The standard InChI is InChI=1S/C30H25F6N3O2/c31-29(32,33)22-12-20(13-23(15-22)30(34,35)36)28(41)39-11-10-38(18-27(40)19-6-2-1-3-7-19)17-24(39)14-21-16-37-26-9-5-4-8-25(21)26/h1-9,12-13,15-16,24,37H,10-11,14,17-18H2. The van der Waals surface area contributed by atoms with Gasteiger partial charge < -0.3 is 9.88 Å². The van der Waals surface area contributed by atoms with E-state index in [1.54, 1.807) is 36.5 Å². The first-order chi connectivity index (χ1) is 19.4. The van der Waals surface area contributed by atoms with Gasteiger partial charge in [0, 0.05) is 53.9 Å². The number of halogens is 6. The number of H-pyrrole nitrogens is 1. The van der Waals surface area contributed by atoms with Gasteiger partial charge >= 0.3 is 12.4 Å². The van der Waals surface area contributed by atoms with Gasteiger partial charge in [0.1, 0.15) is 0 Å². The molecule has 1 aliphatic heterocycles. The number of piperazine rings is 1. The molecule has 0 aliphatic carbocycles.